The summed E-state index contributed by atoms with van der Waals surface area (Å²) in [4.78, 5) is 25.7. The van der Waals surface area contributed by atoms with Crippen molar-refractivity contribution in [3.05, 3.63) is 36.5 Å². The van der Waals surface area contributed by atoms with Crippen LogP contribution in [0.15, 0.2) is 36.5 Å². The van der Waals surface area contributed by atoms with Crippen molar-refractivity contribution in [2.75, 3.05) is 40.9 Å². The molecule has 0 rings (SSSR count). The number of phosphoric acid groups is 1. The predicted molar refractivity (Wildman–Crippen MR) is 413 cm³/mol. The smallest absolute Gasteiger partial charge is 0.268 e. The van der Waals surface area contributed by atoms with Crippen LogP contribution in [0.1, 0.15) is 450 Å². The minimum atomic E-state index is -4.62. The van der Waals surface area contributed by atoms with Crippen LogP contribution in [-0.2, 0) is 18.4 Å². The van der Waals surface area contributed by atoms with Crippen molar-refractivity contribution in [2.24, 2.45) is 0 Å². The molecule has 94 heavy (non-hydrogen) atoms. The van der Waals surface area contributed by atoms with Crippen LogP contribution in [0, 0.1) is 0 Å². The summed E-state index contributed by atoms with van der Waals surface area (Å²) in [6, 6.07) is -0.911. The molecule has 2 N–H and O–H groups in total. The number of rotatable bonds is 80. The van der Waals surface area contributed by atoms with E-state index in [1.54, 1.807) is 6.08 Å². The van der Waals surface area contributed by atoms with E-state index in [4.69, 9.17) is 9.05 Å². The van der Waals surface area contributed by atoms with Crippen molar-refractivity contribution in [2.45, 2.75) is 463 Å². The lowest BCUT2D eigenvalue weighted by Crippen LogP contribution is -2.45. The van der Waals surface area contributed by atoms with E-state index in [0.717, 1.165) is 44.9 Å². The Bertz CT molecular complexity index is 1630. The van der Waals surface area contributed by atoms with Crippen LogP contribution < -0.4 is 10.2 Å². The number of nitrogens with zero attached hydrogens (tertiary/aromatic N) is 1. The van der Waals surface area contributed by atoms with Gasteiger partial charge < -0.3 is 28.8 Å². The molecule has 9 heteroatoms. The van der Waals surface area contributed by atoms with Gasteiger partial charge in [-0.05, 0) is 44.9 Å². The normalized spacial score (nSPS) is 13.6. The number of nitrogens with one attached hydrogen (secondary N) is 1. The average molecular weight is 1340 g/mol. The van der Waals surface area contributed by atoms with Gasteiger partial charge in [0.1, 0.15) is 13.2 Å². The zero-order valence-corrected chi connectivity index (χ0v) is 65.1. The fraction of sp³-hybridized carbons (Fsp3) is 0.918. The third-order valence-corrected chi connectivity index (χ3v) is 20.8. The highest BCUT2D eigenvalue weighted by Crippen LogP contribution is 2.38. The van der Waals surface area contributed by atoms with Gasteiger partial charge in [-0.3, -0.25) is 9.36 Å². The lowest BCUT2D eigenvalue weighted by Gasteiger charge is -2.29. The van der Waals surface area contributed by atoms with Gasteiger partial charge in [-0.15, -0.1) is 0 Å². The first-order chi connectivity index (χ1) is 46.0. The highest BCUT2D eigenvalue weighted by molar-refractivity contribution is 7.45. The number of phosphoric ester groups is 1. The number of aliphatic hydroxyl groups excluding tert-OH is 1. The van der Waals surface area contributed by atoms with Crippen LogP contribution in [0.25, 0.3) is 0 Å². The summed E-state index contributed by atoms with van der Waals surface area (Å²) >= 11 is 0. The van der Waals surface area contributed by atoms with Crippen LogP contribution in [0.3, 0.4) is 0 Å². The molecular weight excluding hydrogens is 1180 g/mol. The van der Waals surface area contributed by atoms with E-state index in [2.05, 4.69) is 43.5 Å². The van der Waals surface area contributed by atoms with Crippen LogP contribution in [0.4, 0.5) is 0 Å². The molecule has 558 valence electrons. The minimum absolute atomic E-state index is 0.00689. The number of hydrogen-bond acceptors (Lipinski definition) is 6. The molecule has 0 aromatic rings. The Morgan fingerprint density at radius 1 is 0.362 bits per heavy atom. The molecule has 0 heterocycles. The molecule has 3 atom stereocenters. The summed E-state index contributed by atoms with van der Waals surface area (Å²) in [6.45, 7) is 4.70. The average Bonchev–Trinajstić information content (AvgIpc) is 1.27. The number of aliphatic hydroxyl groups is 1. The largest absolute Gasteiger partial charge is 0.756 e. The second-order valence-corrected chi connectivity index (χ2v) is 31.9. The van der Waals surface area contributed by atoms with E-state index in [1.807, 2.05) is 27.2 Å². The Morgan fingerprint density at radius 2 is 0.596 bits per heavy atom. The molecule has 0 aromatic carbocycles. The van der Waals surface area contributed by atoms with Gasteiger partial charge in [0.05, 0.1) is 39.9 Å². The lowest BCUT2D eigenvalue weighted by molar-refractivity contribution is -0.870. The molecular formula is C85H167N2O6P. The minimum Gasteiger partial charge on any atom is -0.756 e. The Labute approximate surface area is 588 Å². The topological polar surface area (TPSA) is 108 Å². The zero-order valence-electron chi connectivity index (χ0n) is 64.2. The van der Waals surface area contributed by atoms with Crippen LogP contribution in [0.5, 0.6) is 0 Å². The third kappa shape index (κ3) is 78.1. The van der Waals surface area contributed by atoms with E-state index in [0.29, 0.717) is 17.4 Å². The predicted octanol–water partition coefficient (Wildman–Crippen LogP) is 27.3. The number of allylic oxidation sites excluding steroid dienone is 5. The molecule has 0 aromatic heterocycles. The highest BCUT2D eigenvalue weighted by atomic mass is 31.2. The SMILES string of the molecule is CCCCCCCCCCCCCCCCCCCCCCC/C=C/CC/C=C/CC/C=C/C(O)C(COP(=O)([O-])OCC[N+](C)(C)C)NC(=O)CCCCCCCCCCCCCCCCCCCCCCCCCCCCCCCCCCCCCCCCCCC. The van der Waals surface area contributed by atoms with Crippen molar-refractivity contribution >= 4 is 13.7 Å². The molecule has 0 saturated heterocycles. The monoisotopic (exact) mass is 1340 g/mol. The van der Waals surface area contributed by atoms with E-state index < -0.39 is 26.6 Å². The van der Waals surface area contributed by atoms with Gasteiger partial charge in [0.2, 0.25) is 5.91 Å². The summed E-state index contributed by atoms with van der Waals surface area (Å²) in [6.07, 6.45) is 104. The maximum atomic E-state index is 13.1. The maximum Gasteiger partial charge on any atom is 0.268 e. The second-order valence-electron chi connectivity index (χ2n) is 30.5. The number of carbonyl (C=O) groups is 1. The molecule has 0 saturated carbocycles. The summed E-state index contributed by atoms with van der Waals surface area (Å²) < 4.78 is 23.5. The fourth-order valence-electron chi connectivity index (χ4n) is 13.3. The van der Waals surface area contributed by atoms with Crippen molar-refractivity contribution in [1.29, 1.82) is 0 Å². The van der Waals surface area contributed by atoms with E-state index in [9.17, 15) is 19.4 Å². The van der Waals surface area contributed by atoms with Crippen LogP contribution in [0.2, 0.25) is 0 Å². The van der Waals surface area contributed by atoms with E-state index in [-0.39, 0.29) is 12.5 Å². The Morgan fingerprint density at radius 3 is 0.862 bits per heavy atom. The Kier molecular flexibility index (Phi) is 74.9. The summed E-state index contributed by atoms with van der Waals surface area (Å²) in [5, 5.41) is 14.0. The first-order valence-corrected chi connectivity index (χ1v) is 43.8. The van der Waals surface area contributed by atoms with Gasteiger partial charge in [-0.2, -0.15) is 0 Å². The van der Waals surface area contributed by atoms with Crippen molar-refractivity contribution < 1.29 is 32.9 Å². The van der Waals surface area contributed by atoms with Crippen LogP contribution in [-0.4, -0.2) is 68.5 Å². The number of unbranched alkanes of at least 4 members (excludes halogenated alkanes) is 63. The number of quaternary nitrogens is 1. The van der Waals surface area contributed by atoms with Gasteiger partial charge in [-0.1, -0.05) is 436 Å². The molecule has 0 radical (unpaired) electrons. The third-order valence-electron chi connectivity index (χ3n) is 19.8. The molecule has 0 aliphatic heterocycles. The molecule has 0 spiro atoms. The van der Waals surface area contributed by atoms with Crippen molar-refractivity contribution in [3.63, 3.8) is 0 Å². The van der Waals surface area contributed by atoms with Gasteiger partial charge in [0.15, 0.2) is 0 Å². The summed E-state index contributed by atoms with van der Waals surface area (Å²) in [5.74, 6) is -0.202. The number of likely N-dealkylation sites (N-methyl/N-ethyl adjacent to an activating group) is 1. The first-order valence-electron chi connectivity index (χ1n) is 42.4. The Balaban J connectivity index is 3.93. The summed E-state index contributed by atoms with van der Waals surface area (Å²) in [7, 11) is 1.26. The van der Waals surface area contributed by atoms with Gasteiger partial charge in [0.25, 0.3) is 7.82 Å². The fourth-order valence-corrected chi connectivity index (χ4v) is 14.0. The zero-order chi connectivity index (χ0) is 68.3. The van der Waals surface area contributed by atoms with E-state index in [1.165, 1.54) is 385 Å². The number of carbonyl (C=O) groups excluding carboxylic acids is 1. The Hall–Kier alpha value is -1.28. The quantitative estimate of drug-likeness (QED) is 0.0272. The molecule has 8 nitrogen and oxygen atoms in total. The molecule has 0 aliphatic carbocycles. The standard InChI is InChI=1S/C85H167N2O6P/c1-6-8-10-12-14-16-18-20-22-24-26-28-30-32-34-36-38-39-40-41-42-43-44-45-46-47-49-51-53-55-57-59-61-63-65-67-69-71-73-75-77-79-85(89)86-83(82-93-94(90,91)92-81-80-87(3,4)5)84(88)78-76-74-72-70-68-66-64-62-60-58-56-54-52-50-48-37-35-33-31-29-27-25-23-21-19-17-15-13-11-9-7-2/h60,62,68,70,76,78,83-84,88H,6-59,61,63-67,69,71-75,77,79-82H2,1-5H3,(H-,86,89,90,91)/b62-60+,70-68+,78-76+. The highest BCUT2D eigenvalue weighted by Gasteiger charge is 2.23. The first kappa shape index (κ1) is 92.7. The van der Waals surface area contributed by atoms with E-state index >= 15 is 0 Å². The van der Waals surface area contributed by atoms with Crippen molar-refractivity contribution in [1.82, 2.24) is 5.32 Å². The van der Waals surface area contributed by atoms with Gasteiger partial charge in [-0.25, -0.2) is 0 Å². The number of amides is 1. The maximum absolute atomic E-state index is 13.1. The number of hydrogen-bond donors (Lipinski definition) is 2. The lowest BCUT2D eigenvalue weighted by atomic mass is 10.0. The van der Waals surface area contributed by atoms with Gasteiger partial charge >= 0.3 is 0 Å². The molecule has 0 aliphatic rings. The van der Waals surface area contributed by atoms with Crippen molar-refractivity contribution in [3.8, 4) is 0 Å². The molecule has 0 fully saturated rings. The van der Waals surface area contributed by atoms with Crippen LogP contribution >= 0.6 is 7.82 Å². The second kappa shape index (κ2) is 75.9. The molecule has 3 unspecified atom stereocenters. The molecule has 1 amide bonds. The van der Waals surface area contributed by atoms with Gasteiger partial charge in [0, 0.05) is 6.42 Å². The summed E-state index contributed by atoms with van der Waals surface area (Å²) in [5.41, 5.74) is 0. The molecule has 0 bridgehead atoms.